The van der Waals surface area contributed by atoms with Gasteiger partial charge in [-0.1, -0.05) is 18.2 Å². The molecule has 0 bridgehead atoms. The van der Waals surface area contributed by atoms with Crippen molar-refractivity contribution in [3.63, 3.8) is 0 Å². The molecule has 2 aromatic carbocycles. The maximum Gasteiger partial charge on any atom is 0.406 e. The summed E-state index contributed by atoms with van der Waals surface area (Å²) in [6.45, 7) is -1.33. The van der Waals surface area contributed by atoms with Crippen LogP contribution in [0.1, 0.15) is 22.1 Å². The van der Waals surface area contributed by atoms with Gasteiger partial charge < -0.3 is 19.5 Å². The van der Waals surface area contributed by atoms with Crippen molar-refractivity contribution >= 4 is 11.7 Å². The molecule has 4 aromatic rings. The van der Waals surface area contributed by atoms with Crippen molar-refractivity contribution in [2.75, 3.05) is 11.4 Å². The molecule has 2 aromatic heterocycles. The standard InChI is InChI=1S/C24H17F3N4O3/c25-24(26,27)13-31-20-11-16(14-6-8-28-9-7-14)17(23(32)33)10-18(20)21-19(12-29-30-21)22(31)34-15-4-2-1-3-5-15/h1-12,22H,13H2,(H,29,30)(H,32,33)/p-1. The van der Waals surface area contributed by atoms with Crippen molar-refractivity contribution in [1.82, 2.24) is 15.2 Å². The number of aromatic carboxylic acids is 1. The number of fused-ring (bicyclic) bond motifs is 3. The molecular formula is C24H16F3N4O3-. The first-order valence-corrected chi connectivity index (χ1v) is 10.2. The van der Waals surface area contributed by atoms with Crippen molar-refractivity contribution in [2.45, 2.75) is 12.4 Å². The summed E-state index contributed by atoms with van der Waals surface area (Å²) in [7, 11) is 0. The molecule has 0 saturated carbocycles. The van der Waals surface area contributed by atoms with Crippen LogP contribution in [0.4, 0.5) is 18.9 Å². The number of ether oxygens (including phenoxy) is 1. The summed E-state index contributed by atoms with van der Waals surface area (Å²) in [5.74, 6) is -1.09. The number of carbonyl (C=O) groups excluding carboxylic acids is 1. The SMILES string of the molecule is O=C([O-])c1cc2c(cc1-c1ccncc1)N(CC(F)(F)F)C(Oc1ccccc1)c1cn[nH]c1-2. The average Bonchev–Trinajstić information content (AvgIpc) is 3.31. The number of carbonyl (C=O) groups is 1. The topological polar surface area (TPSA) is 94.2 Å². The quantitative estimate of drug-likeness (QED) is 0.480. The number of carboxylic acid groups (broad SMARTS) is 1. The Hall–Kier alpha value is -4.34. The number of pyridine rings is 1. The van der Waals surface area contributed by atoms with E-state index in [9.17, 15) is 23.1 Å². The molecule has 1 N–H and O–H groups in total. The van der Waals surface area contributed by atoms with Crippen molar-refractivity contribution in [1.29, 1.82) is 0 Å². The van der Waals surface area contributed by atoms with E-state index in [0.29, 0.717) is 22.6 Å². The molecule has 1 unspecified atom stereocenters. The Balaban J connectivity index is 1.74. The third kappa shape index (κ3) is 3.94. The number of benzene rings is 2. The summed E-state index contributed by atoms with van der Waals surface area (Å²) < 4.78 is 47.2. The number of aromatic nitrogens is 3. The molecule has 0 amide bonds. The molecule has 0 fully saturated rings. The van der Waals surface area contributed by atoms with E-state index >= 15 is 0 Å². The minimum Gasteiger partial charge on any atom is -0.545 e. The molecule has 1 aliphatic heterocycles. The van der Waals surface area contributed by atoms with Crippen LogP contribution in [0.2, 0.25) is 0 Å². The number of rotatable bonds is 5. The van der Waals surface area contributed by atoms with Crippen LogP contribution in [0.15, 0.2) is 73.2 Å². The number of para-hydroxylation sites is 1. The van der Waals surface area contributed by atoms with E-state index in [1.165, 1.54) is 30.7 Å². The molecule has 3 heterocycles. The van der Waals surface area contributed by atoms with E-state index in [4.69, 9.17) is 4.74 Å². The van der Waals surface area contributed by atoms with Crippen LogP contribution in [0, 0.1) is 0 Å². The fraction of sp³-hybridized carbons (Fsp3) is 0.125. The summed E-state index contributed by atoms with van der Waals surface area (Å²) in [5.41, 5.74) is 1.63. The summed E-state index contributed by atoms with van der Waals surface area (Å²) in [6.07, 6.45) is -1.42. The van der Waals surface area contributed by atoms with Gasteiger partial charge in [-0.25, -0.2) is 0 Å². The highest BCUT2D eigenvalue weighted by atomic mass is 19.4. The molecule has 0 spiro atoms. The number of hydrogen-bond donors (Lipinski definition) is 1. The van der Waals surface area contributed by atoms with Gasteiger partial charge in [0.05, 0.1) is 29.1 Å². The van der Waals surface area contributed by atoms with Gasteiger partial charge in [0.1, 0.15) is 12.3 Å². The Kier molecular flexibility index (Phi) is 5.20. The number of nitrogens with zero attached hydrogens (tertiary/aromatic N) is 3. The Morgan fingerprint density at radius 3 is 2.50 bits per heavy atom. The van der Waals surface area contributed by atoms with Crippen molar-refractivity contribution in [3.8, 4) is 28.1 Å². The molecule has 172 valence electrons. The first-order valence-electron chi connectivity index (χ1n) is 10.2. The van der Waals surface area contributed by atoms with Crippen LogP contribution >= 0.6 is 0 Å². The number of alkyl halides is 3. The highest BCUT2D eigenvalue weighted by Gasteiger charge is 2.41. The summed E-state index contributed by atoms with van der Waals surface area (Å²) in [4.78, 5) is 17.0. The van der Waals surface area contributed by atoms with Gasteiger partial charge in [-0.05, 0) is 47.5 Å². The summed E-state index contributed by atoms with van der Waals surface area (Å²) in [6, 6.07) is 14.3. The van der Waals surface area contributed by atoms with Crippen LogP contribution in [0.25, 0.3) is 22.4 Å². The fourth-order valence-corrected chi connectivity index (χ4v) is 4.07. The monoisotopic (exact) mass is 465 g/mol. The zero-order valence-corrected chi connectivity index (χ0v) is 17.4. The molecule has 1 aliphatic rings. The third-order valence-corrected chi connectivity index (χ3v) is 5.48. The largest absolute Gasteiger partial charge is 0.545 e. The number of carboxylic acids is 1. The zero-order valence-electron chi connectivity index (χ0n) is 17.4. The molecule has 5 rings (SSSR count). The van der Waals surface area contributed by atoms with Crippen LogP contribution < -0.4 is 14.7 Å². The van der Waals surface area contributed by atoms with Gasteiger partial charge in [0.25, 0.3) is 0 Å². The Bertz CT molecular complexity index is 1340. The molecule has 10 heteroatoms. The molecule has 1 atom stereocenters. The van der Waals surface area contributed by atoms with Crippen LogP contribution in [-0.4, -0.2) is 33.9 Å². The van der Waals surface area contributed by atoms with Gasteiger partial charge in [-0.3, -0.25) is 10.1 Å². The van der Waals surface area contributed by atoms with E-state index in [0.717, 1.165) is 4.90 Å². The number of nitrogens with one attached hydrogen (secondary N) is 1. The lowest BCUT2D eigenvalue weighted by Crippen LogP contribution is -2.42. The maximum atomic E-state index is 13.7. The van der Waals surface area contributed by atoms with Gasteiger partial charge in [0.2, 0.25) is 6.23 Å². The number of hydrogen-bond acceptors (Lipinski definition) is 6. The van der Waals surface area contributed by atoms with Gasteiger partial charge in [0, 0.05) is 23.5 Å². The molecule has 0 radical (unpaired) electrons. The van der Waals surface area contributed by atoms with E-state index in [-0.39, 0.29) is 22.4 Å². The predicted octanol–water partition coefficient (Wildman–Crippen LogP) is 3.96. The number of halogens is 3. The molecule has 0 saturated heterocycles. The molecule has 0 aliphatic carbocycles. The Labute approximate surface area is 191 Å². The van der Waals surface area contributed by atoms with Crippen molar-refractivity contribution < 1.29 is 27.8 Å². The van der Waals surface area contributed by atoms with Gasteiger partial charge >= 0.3 is 6.18 Å². The Morgan fingerprint density at radius 1 is 1.09 bits per heavy atom. The number of H-pyrrole nitrogens is 1. The zero-order chi connectivity index (χ0) is 23.9. The third-order valence-electron chi connectivity index (χ3n) is 5.48. The normalized spacial score (nSPS) is 14.9. The van der Waals surface area contributed by atoms with Crippen LogP contribution in [0.5, 0.6) is 5.75 Å². The maximum absolute atomic E-state index is 13.7. The molecule has 7 nitrogen and oxygen atoms in total. The van der Waals surface area contributed by atoms with E-state index in [1.807, 2.05) is 0 Å². The second-order valence-corrected chi connectivity index (χ2v) is 7.66. The van der Waals surface area contributed by atoms with Gasteiger partial charge in [-0.2, -0.15) is 18.3 Å². The first-order chi connectivity index (χ1) is 16.3. The van der Waals surface area contributed by atoms with Crippen LogP contribution in [-0.2, 0) is 0 Å². The lowest BCUT2D eigenvalue weighted by molar-refractivity contribution is -0.254. The molecule has 34 heavy (non-hydrogen) atoms. The lowest BCUT2D eigenvalue weighted by atomic mass is 9.91. The van der Waals surface area contributed by atoms with E-state index < -0.39 is 24.9 Å². The highest BCUT2D eigenvalue weighted by Crippen LogP contribution is 2.47. The number of anilines is 1. The number of aromatic amines is 1. The second-order valence-electron chi connectivity index (χ2n) is 7.66. The second kappa shape index (κ2) is 8.22. The van der Waals surface area contributed by atoms with E-state index in [2.05, 4.69) is 15.2 Å². The predicted molar refractivity (Wildman–Crippen MR) is 115 cm³/mol. The Morgan fingerprint density at radius 2 is 1.82 bits per heavy atom. The molecular weight excluding hydrogens is 449 g/mol. The van der Waals surface area contributed by atoms with Gasteiger partial charge in [0.15, 0.2) is 0 Å². The summed E-state index contributed by atoms with van der Waals surface area (Å²) >= 11 is 0. The first kappa shape index (κ1) is 21.5. The minimum absolute atomic E-state index is 0.145. The smallest absolute Gasteiger partial charge is 0.406 e. The van der Waals surface area contributed by atoms with Crippen LogP contribution in [0.3, 0.4) is 0 Å². The fourth-order valence-electron chi connectivity index (χ4n) is 4.07. The lowest BCUT2D eigenvalue weighted by Gasteiger charge is -2.39. The van der Waals surface area contributed by atoms with Crippen molar-refractivity contribution in [3.05, 3.63) is 84.3 Å². The van der Waals surface area contributed by atoms with Crippen molar-refractivity contribution in [2.24, 2.45) is 0 Å². The highest BCUT2D eigenvalue weighted by molar-refractivity contribution is 6.00. The van der Waals surface area contributed by atoms with Gasteiger partial charge in [-0.15, -0.1) is 0 Å². The summed E-state index contributed by atoms with van der Waals surface area (Å²) in [5, 5.41) is 18.7. The average molecular weight is 465 g/mol. The minimum atomic E-state index is -4.57. The van der Waals surface area contributed by atoms with E-state index in [1.54, 1.807) is 42.5 Å².